The van der Waals surface area contributed by atoms with Crippen LogP contribution in [0.1, 0.15) is 20.8 Å². The molecule has 1 N–H and O–H groups in total. The molecule has 0 aromatic rings. The van der Waals surface area contributed by atoms with E-state index in [0.29, 0.717) is 6.61 Å². The quantitative estimate of drug-likeness (QED) is 0.674. The summed E-state index contributed by atoms with van der Waals surface area (Å²) in [7, 11) is 2.81. The van der Waals surface area contributed by atoms with E-state index in [1.807, 2.05) is 0 Å². The topological polar surface area (TPSA) is 55.8 Å². The van der Waals surface area contributed by atoms with Crippen molar-refractivity contribution in [2.45, 2.75) is 26.4 Å². The number of aliphatic hydroxyl groups is 1. The smallest absolute Gasteiger partial charge is 0.338 e. The maximum Gasteiger partial charge on any atom is 0.338 e. The molecule has 0 bridgehead atoms. The lowest BCUT2D eigenvalue weighted by atomic mass is 9.80. The highest BCUT2D eigenvalue weighted by atomic mass is 16.5. The normalized spacial score (nSPS) is 17.6. The highest BCUT2D eigenvalue weighted by Crippen LogP contribution is 2.27. The second-order valence-corrected chi connectivity index (χ2v) is 3.83. The first-order chi connectivity index (χ1) is 6.41. The number of methoxy groups -OCH3 is 2. The van der Waals surface area contributed by atoms with Crippen LogP contribution < -0.4 is 0 Å². The Morgan fingerprint density at radius 2 is 1.86 bits per heavy atom. The van der Waals surface area contributed by atoms with Crippen LogP contribution >= 0.6 is 0 Å². The molecule has 0 aliphatic rings. The third-order valence-electron chi connectivity index (χ3n) is 2.56. The van der Waals surface area contributed by atoms with Crippen LogP contribution in [0.2, 0.25) is 0 Å². The molecular formula is C10H20O4. The van der Waals surface area contributed by atoms with E-state index in [1.54, 1.807) is 20.8 Å². The number of carbonyl (C=O) groups excluding carboxylic acids is 1. The molecule has 4 nitrogen and oxygen atoms in total. The molecule has 14 heavy (non-hydrogen) atoms. The van der Waals surface area contributed by atoms with Crippen LogP contribution in [0.3, 0.4) is 0 Å². The second-order valence-electron chi connectivity index (χ2n) is 3.83. The van der Waals surface area contributed by atoms with Crippen LogP contribution in [-0.2, 0) is 14.3 Å². The summed E-state index contributed by atoms with van der Waals surface area (Å²) in [5, 5.41) is 10.2. The van der Waals surface area contributed by atoms with Gasteiger partial charge in [-0.2, -0.15) is 0 Å². The molecular weight excluding hydrogens is 184 g/mol. The summed E-state index contributed by atoms with van der Waals surface area (Å²) >= 11 is 0. The summed E-state index contributed by atoms with van der Waals surface area (Å²) in [6.07, 6.45) is 0. The van der Waals surface area contributed by atoms with Crippen molar-refractivity contribution in [3.63, 3.8) is 0 Å². The zero-order valence-electron chi connectivity index (χ0n) is 9.53. The lowest BCUT2D eigenvalue weighted by Crippen LogP contribution is -2.51. The highest BCUT2D eigenvalue weighted by molar-refractivity contribution is 5.79. The number of hydrogen-bond acceptors (Lipinski definition) is 4. The maximum atomic E-state index is 11.5. The fourth-order valence-corrected chi connectivity index (χ4v) is 1.55. The zero-order valence-corrected chi connectivity index (χ0v) is 9.53. The van der Waals surface area contributed by atoms with Crippen molar-refractivity contribution in [2.75, 3.05) is 20.8 Å². The molecule has 0 radical (unpaired) electrons. The summed E-state index contributed by atoms with van der Waals surface area (Å²) in [6, 6.07) is 0. The third-order valence-corrected chi connectivity index (χ3v) is 2.56. The summed E-state index contributed by atoms with van der Waals surface area (Å²) in [6.45, 7) is 5.65. The zero-order chi connectivity index (χ0) is 11.4. The van der Waals surface area contributed by atoms with Crippen molar-refractivity contribution in [1.29, 1.82) is 0 Å². The standard InChI is InChI=1S/C10H20O4/c1-7(2)10(12,9(11)14-5)8(3)6-13-4/h7-8,12H,6H2,1-5H3. The van der Waals surface area contributed by atoms with Crippen molar-refractivity contribution in [3.05, 3.63) is 0 Å². The Morgan fingerprint density at radius 3 is 2.14 bits per heavy atom. The van der Waals surface area contributed by atoms with Gasteiger partial charge < -0.3 is 14.6 Å². The summed E-state index contributed by atoms with van der Waals surface area (Å²) in [4.78, 5) is 11.5. The van der Waals surface area contributed by atoms with E-state index in [-0.39, 0.29) is 11.8 Å². The van der Waals surface area contributed by atoms with Crippen molar-refractivity contribution in [3.8, 4) is 0 Å². The van der Waals surface area contributed by atoms with Gasteiger partial charge in [0.1, 0.15) is 0 Å². The van der Waals surface area contributed by atoms with Crippen LogP contribution in [0.15, 0.2) is 0 Å². The van der Waals surface area contributed by atoms with Crippen molar-refractivity contribution < 1.29 is 19.4 Å². The van der Waals surface area contributed by atoms with Gasteiger partial charge in [-0.3, -0.25) is 0 Å². The molecule has 0 amide bonds. The van der Waals surface area contributed by atoms with Gasteiger partial charge >= 0.3 is 5.97 Å². The Hall–Kier alpha value is -0.610. The van der Waals surface area contributed by atoms with Crippen molar-refractivity contribution in [1.82, 2.24) is 0 Å². The molecule has 2 atom stereocenters. The number of ether oxygens (including phenoxy) is 2. The molecule has 4 heteroatoms. The molecule has 0 aliphatic heterocycles. The van der Waals surface area contributed by atoms with Crippen LogP contribution in [0.5, 0.6) is 0 Å². The van der Waals surface area contributed by atoms with Crippen LogP contribution in [-0.4, -0.2) is 37.5 Å². The lowest BCUT2D eigenvalue weighted by Gasteiger charge is -2.34. The summed E-state index contributed by atoms with van der Waals surface area (Å²) < 4.78 is 9.53. The SMILES string of the molecule is COCC(C)C(O)(C(=O)OC)C(C)C. The predicted molar refractivity (Wildman–Crippen MR) is 52.8 cm³/mol. The molecule has 84 valence electrons. The van der Waals surface area contributed by atoms with Gasteiger partial charge in [-0.15, -0.1) is 0 Å². The average molecular weight is 204 g/mol. The Labute approximate surface area is 85.2 Å². The Morgan fingerprint density at radius 1 is 1.36 bits per heavy atom. The van der Waals surface area contributed by atoms with Gasteiger partial charge in [0.25, 0.3) is 0 Å². The highest BCUT2D eigenvalue weighted by Gasteiger charge is 2.45. The Kier molecular flexibility index (Phi) is 5.08. The molecule has 0 saturated carbocycles. The molecule has 0 spiro atoms. The van der Waals surface area contributed by atoms with E-state index in [9.17, 15) is 9.90 Å². The average Bonchev–Trinajstić information content (AvgIpc) is 2.15. The maximum absolute atomic E-state index is 11.5. The lowest BCUT2D eigenvalue weighted by molar-refractivity contribution is -0.177. The van der Waals surface area contributed by atoms with Gasteiger partial charge in [0.05, 0.1) is 13.7 Å². The van der Waals surface area contributed by atoms with E-state index < -0.39 is 11.6 Å². The van der Waals surface area contributed by atoms with Gasteiger partial charge in [-0.1, -0.05) is 20.8 Å². The molecule has 0 aromatic heterocycles. The molecule has 0 fully saturated rings. The van der Waals surface area contributed by atoms with Crippen LogP contribution in [0.25, 0.3) is 0 Å². The molecule has 0 aliphatic carbocycles. The van der Waals surface area contributed by atoms with E-state index in [1.165, 1.54) is 14.2 Å². The fraction of sp³-hybridized carbons (Fsp3) is 0.900. The van der Waals surface area contributed by atoms with Crippen LogP contribution in [0, 0.1) is 11.8 Å². The van der Waals surface area contributed by atoms with Gasteiger partial charge in [0, 0.05) is 13.0 Å². The number of esters is 1. The first-order valence-corrected chi connectivity index (χ1v) is 4.70. The molecule has 2 unspecified atom stereocenters. The molecule has 0 aromatic carbocycles. The van der Waals surface area contributed by atoms with Crippen molar-refractivity contribution in [2.24, 2.45) is 11.8 Å². The second kappa shape index (κ2) is 5.32. The Balaban J connectivity index is 4.79. The number of carbonyl (C=O) groups is 1. The van der Waals surface area contributed by atoms with E-state index in [2.05, 4.69) is 4.74 Å². The molecule has 0 heterocycles. The van der Waals surface area contributed by atoms with Gasteiger partial charge in [-0.25, -0.2) is 4.79 Å². The summed E-state index contributed by atoms with van der Waals surface area (Å²) in [5.41, 5.74) is -1.47. The minimum absolute atomic E-state index is 0.208. The predicted octanol–water partition coefficient (Wildman–Crippen LogP) is 0.829. The first kappa shape index (κ1) is 13.4. The fourth-order valence-electron chi connectivity index (χ4n) is 1.55. The van der Waals surface area contributed by atoms with Gasteiger partial charge in [0.15, 0.2) is 5.60 Å². The molecule has 0 rings (SSSR count). The van der Waals surface area contributed by atoms with Crippen LogP contribution in [0.4, 0.5) is 0 Å². The third kappa shape index (κ3) is 2.45. The Bertz CT molecular complexity index is 191. The monoisotopic (exact) mass is 204 g/mol. The molecule has 0 saturated heterocycles. The number of hydrogen-bond donors (Lipinski definition) is 1. The van der Waals surface area contributed by atoms with Crippen molar-refractivity contribution >= 4 is 5.97 Å². The largest absolute Gasteiger partial charge is 0.467 e. The van der Waals surface area contributed by atoms with Gasteiger partial charge in [-0.05, 0) is 5.92 Å². The van der Waals surface area contributed by atoms with E-state index >= 15 is 0 Å². The number of rotatable bonds is 5. The first-order valence-electron chi connectivity index (χ1n) is 4.70. The summed E-state index contributed by atoms with van der Waals surface area (Å²) in [5.74, 6) is -1.10. The minimum Gasteiger partial charge on any atom is -0.467 e. The van der Waals surface area contributed by atoms with E-state index in [4.69, 9.17) is 4.74 Å². The van der Waals surface area contributed by atoms with E-state index in [0.717, 1.165) is 0 Å². The van der Waals surface area contributed by atoms with Gasteiger partial charge in [0.2, 0.25) is 0 Å². The minimum atomic E-state index is -1.47.